The average Bonchev–Trinajstić information content (AvgIpc) is 2.38. The van der Waals surface area contributed by atoms with Crippen molar-refractivity contribution in [2.75, 3.05) is 0 Å². The summed E-state index contributed by atoms with van der Waals surface area (Å²) in [4.78, 5) is 4.29. The summed E-state index contributed by atoms with van der Waals surface area (Å²) in [6.07, 6.45) is 3.64. The number of hydrogen-bond acceptors (Lipinski definition) is 3. The number of aryl methyl sites for hydroxylation is 1. The zero-order chi connectivity index (χ0) is 10.3. The summed E-state index contributed by atoms with van der Waals surface area (Å²) in [5.74, 6) is 0. The van der Waals surface area contributed by atoms with E-state index in [1.165, 1.54) is 0 Å². The van der Waals surface area contributed by atoms with Crippen LogP contribution in [-0.2, 0) is 5.54 Å². The van der Waals surface area contributed by atoms with Gasteiger partial charge in [-0.05, 0) is 26.8 Å². The molecule has 0 aromatic carbocycles. The maximum Gasteiger partial charge on any atom is 0.160 e. The van der Waals surface area contributed by atoms with Gasteiger partial charge < -0.3 is 5.73 Å². The van der Waals surface area contributed by atoms with E-state index in [0.717, 1.165) is 16.9 Å². The zero-order valence-corrected chi connectivity index (χ0v) is 8.65. The van der Waals surface area contributed by atoms with Crippen LogP contribution in [0.2, 0.25) is 0 Å². The summed E-state index contributed by atoms with van der Waals surface area (Å²) in [6, 6.07) is 1.85. The second-order valence-corrected chi connectivity index (χ2v) is 4.07. The lowest BCUT2D eigenvalue weighted by Crippen LogP contribution is -2.29. The van der Waals surface area contributed by atoms with Crippen LogP contribution in [0.5, 0.6) is 0 Å². The third kappa shape index (κ3) is 1.28. The molecule has 14 heavy (non-hydrogen) atoms. The first kappa shape index (κ1) is 9.15. The molecule has 0 saturated carbocycles. The Bertz CT molecular complexity index is 464. The molecule has 0 atom stereocenters. The fourth-order valence-electron chi connectivity index (χ4n) is 1.75. The van der Waals surface area contributed by atoms with Crippen molar-refractivity contribution in [2.24, 2.45) is 5.73 Å². The molecule has 0 bridgehead atoms. The number of hydrogen-bond donors (Lipinski definition) is 1. The molecule has 4 heteroatoms. The predicted molar refractivity (Wildman–Crippen MR) is 54.9 cm³/mol. The minimum Gasteiger partial charge on any atom is -0.322 e. The van der Waals surface area contributed by atoms with Crippen LogP contribution in [0.4, 0.5) is 0 Å². The Morgan fingerprint density at radius 3 is 2.79 bits per heavy atom. The van der Waals surface area contributed by atoms with Gasteiger partial charge in [0, 0.05) is 23.5 Å². The van der Waals surface area contributed by atoms with Crippen LogP contribution in [-0.4, -0.2) is 14.6 Å². The molecular formula is C10H14N4. The molecule has 0 fully saturated rings. The number of fused-ring (bicyclic) bond motifs is 1. The fraction of sp³-hybridized carbons (Fsp3) is 0.400. The zero-order valence-electron chi connectivity index (χ0n) is 8.65. The Morgan fingerprint density at radius 1 is 1.43 bits per heavy atom. The number of nitrogens with zero attached hydrogens (tertiary/aromatic N) is 3. The predicted octanol–water partition coefficient (Wildman–Crippen LogP) is 1.23. The van der Waals surface area contributed by atoms with E-state index in [4.69, 9.17) is 5.73 Å². The number of aromatic nitrogens is 3. The van der Waals surface area contributed by atoms with E-state index in [2.05, 4.69) is 10.1 Å². The molecule has 0 aliphatic heterocycles. The van der Waals surface area contributed by atoms with E-state index in [9.17, 15) is 0 Å². The smallest absolute Gasteiger partial charge is 0.160 e. The Balaban J connectivity index is 2.81. The Hall–Kier alpha value is -1.42. The van der Waals surface area contributed by atoms with Gasteiger partial charge in [0.1, 0.15) is 0 Å². The minimum absolute atomic E-state index is 0.403. The van der Waals surface area contributed by atoms with Crippen molar-refractivity contribution in [3.63, 3.8) is 0 Å². The Morgan fingerprint density at radius 2 is 2.14 bits per heavy atom. The van der Waals surface area contributed by atoms with Crippen LogP contribution in [0.1, 0.15) is 25.1 Å². The van der Waals surface area contributed by atoms with Crippen molar-refractivity contribution in [1.82, 2.24) is 14.6 Å². The van der Waals surface area contributed by atoms with Crippen LogP contribution < -0.4 is 5.73 Å². The molecule has 74 valence electrons. The van der Waals surface area contributed by atoms with Gasteiger partial charge in [0.2, 0.25) is 0 Å². The second-order valence-electron chi connectivity index (χ2n) is 4.07. The van der Waals surface area contributed by atoms with Crippen molar-refractivity contribution in [3.8, 4) is 0 Å². The minimum atomic E-state index is -0.403. The fourth-order valence-corrected chi connectivity index (χ4v) is 1.75. The van der Waals surface area contributed by atoms with Crippen molar-refractivity contribution >= 4 is 5.65 Å². The molecule has 2 aromatic heterocycles. The van der Waals surface area contributed by atoms with E-state index >= 15 is 0 Å². The monoisotopic (exact) mass is 190 g/mol. The highest BCUT2D eigenvalue weighted by Crippen LogP contribution is 2.23. The summed E-state index contributed by atoms with van der Waals surface area (Å²) < 4.78 is 1.76. The molecule has 0 aliphatic rings. The normalized spacial score (nSPS) is 12.3. The molecule has 0 aliphatic carbocycles. The highest BCUT2D eigenvalue weighted by Gasteiger charge is 2.23. The summed E-state index contributed by atoms with van der Waals surface area (Å²) in [6.45, 7) is 5.88. The largest absolute Gasteiger partial charge is 0.322 e. The molecule has 2 N–H and O–H groups in total. The summed E-state index contributed by atoms with van der Waals surface area (Å²) in [5.41, 5.74) is 8.47. The van der Waals surface area contributed by atoms with Gasteiger partial charge in [-0.3, -0.25) is 0 Å². The molecule has 2 aromatic rings. The lowest BCUT2D eigenvalue weighted by Gasteiger charge is -2.17. The Kier molecular flexibility index (Phi) is 1.82. The van der Waals surface area contributed by atoms with Crippen LogP contribution in [0.25, 0.3) is 5.65 Å². The van der Waals surface area contributed by atoms with Gasteiger partial charge in [-0.2, -0.15) is 5.10 Å². The second kappa shape index (κ2) is 2.78. The van der Waals surface area contributed by atoms with Crippen LogP contribution in [0, 0.1) is 6.92 Å². The van der Waals surface area contributed by atoms with Gasteiger partial charge in [0.05, 0.1) is 5.69 Å². The highest BCUT2D eigenvalue weighted by atomic mass is 15.3. The van der Waals surface area contributed by atoms with Gasteiger partial charge >= 0.3 is 0 Å². The number of nitrogens with two attached hydrogens (primary N) is 1. The number of rotatable bonds is 1. The summed E-state index contributed by atoms with van der Waals surface area (Å²) >= 11 is 0. The van der Waals surface area contributed by atoms with E-state index in [1.807, 2.05) is 33.0 Å². The van der Waals surface area contributed by atoms with E-state index in [0.29, 0.717) is 0 Å². The molecule has 0 saturated heterocycles. The van der Waals surface area contributed by atoms with E-state index < -0.39 is 5.54 Å². The SMILES string of the molecule is Cc1nn2cccnc2c1C(C)(C)N. The first-order chi connectivity index (χ1) is 6.50. The first-order valence-electron chi connectivity index (χ1n) is 4.59. The molecular weight excluding hydrogens is 176 g/mol. The summed E-state index contributed by atoms with van der Waals surface area (Å²) in [7, 11) is 0. The summed E-state index contributed by atoms with van der Waals surface area (Å²) in [5, 5.41) is 4.35. The maximum absolute atomic E-state index is 6.07. The molecule has 0 spiro atoms. The molecule has 4 nitrogen and oxygen atoms in total. The Labute approximate surface area is 82.8 Å². The van der Waals surface area contributed by atoms with Crippen LogP contribution in [0.15, 0.2) is 18.5 Å². The van der Waals surface area contributed by atoms with Crippen molar-refractivity contribution in [3.05, 3.63) is 29.7 Å². The third-order valence-electron chi connectivity index (χ3n) is 2.21. The van der Waals surface area contributed by atoms with Gasteiger partial charge in [0.25, 0.3) is 0 Å². The first-order valence-corrected chi connectivity index (χ1v) is 4.59. The van der Waals surface area contributed by atoms with Crippen molar-refractivity contribution in [1.29, 1.82) is 0 Å². The molecule has 0 amide bonds. The standard InChI is InChI=1S/C10H14N4/c1-7-8(10(2,3)11)9-12-5-4-6-14(9)13-7/h4-6H,11H2,1-3H3. The van der Waals surface area contributed by atoms with Gasteiger partial charge in [-0.25, -0.2) is 9.50 Å². The van der Waals surface area contributed by atoms with E-state index in [-0.39, 0.29) is 0 Å². The lowest BCUT2D eigenvalue weighted by molar-refractivity contribution is 0.554. The van der Waals surface area contributed by atoms with Crippen molar-refractivity contribution in [2.45, 2.75) is 26.3 Å². The third-order valence-corrected chi connectivity index (χ3v) is 2.21. The van der Waals surface area contributed by atoms with Crippen LogP contribution >= 0.6 is 0 Å². The average molecular weight is 190 g/mol. The molecule has 2 rings (SSSR count). The van der Waals surface area contributed by atoms with Crippen molar-refractivity contribution < 1.29 is 0 Å². The van der Waals surface area contributed by atoms with Gasteiger partial charge in [0.15, 0.2) is 5.65 Å². The highest BCUT2D eigenvalue weighted by molar-refractivity contribution is 5.52. The topological polar surface area (TPSA) is 56.2 Å². The molecule has 2 heterocycles. The molecule has 0 radical (unpaired) electrons. The molecule has 0 unspecified atom stereocenters. The lowest BCUT2D eigenvalue weighted by atomic mass is 9.96. The van der Waals surface area contributed by atoms with E-state index in [1.54, 1.807) is 10.7 Å². The quantitative estimate of drug-likeness (QED) is 0.735. The maximum atomic E-state index is 6.07. The van der Waals surface area contributed by atoms with Gasteiger partial charge in [-0.15, -0.1) is 0 Å². The van der Waals surface area contributed by atoms with Crippen LogP contribution in [0.3, 0.4) is 0 Å². The van der Waals surface area contributed by atoms with Gasteiger partial charge in [-0.1, -0.05) is 0 Å².